The van der Waals surface area contributed by atoms with E-state index in [9.17, 15) is 0 Å². The third kappa shape index (κ3) is 5.42. The summed E-state index contributed by atoms with van der Waals surface area (Å²) in [6, 6.07) is 0. The van der Waals surface area contributed by atoms with Crippen molar-refractivity contribution in [3.05, 3.63) is 12.3 Å². The Hall–Kier alpha value is 0.0800. The first-order chi connectivity index (χ1) is 7.50. The molecule has 0 aliphatic heterocycles. The minimum absolute atomic E-state index is 0.364. The second-order valence-electron chi connectivity index (χ2n) is 4.06. The molecule has 92 valence electrons. The van der Waals surface area contributed by atoms with Crippen LogP contribution < -0.4 is 0 Å². The maximum absolute atomic E-state index is 7.29. The van der Waals surface area contributed by atoms with Crippen LogP contribution in [0, 0.1) is 11.3 Å². The van der Waals surface area contributed by atoms with Crippen molar-refractivity contribution in [3.8, 4) is 0 Å². The number of ether oxygens (including phenoxy) is 1. The molecule has 1 fully saturated rings. The summed E-state index contributed by atoms with van der Waals surface area (Å²) < 4.78 is 3.14. The summed E-state index contributed by atoms with van der Waals surface area (Å²) in [6.07, 6.45) is 10.9. The van der Waals surface area contributed by atoms with Crippen molar-refractivity contribution in [1.29, 1.82) is 5.41 Å². The van der Waals surface area contributed by atoms with Gasteiger partial charge in [-0.2, -0.15) is 0 Å². The molecule has 0 unspecified atom stereocenters. The molecular weight excluding hydrogens is 268 g/mol. The van der Waals surface area contributed by atoms with Crippen LogP contribution >= 0.6 is 34.8 Å². The van der Waals surface area contributed by atoms with Gasteiger partial charge in [0, 0.05) is 0 Å². The van der Waals surface area contributed by atoms with Gasteiger partial charge in [0.15, 0.2) is 0 Å². The molecule has 0 aromatic heterocycles. The quantitative estimate of drug-likeness (QED) is 0.342. The zero-order valence-electron chi connectivity index (χ0n) is 9.02. The fraction of sp³-hybridized carbons (Fsp3) is 0.727. The topological polar surface area (TPSA) is 33.1 Å². The van der Waals surface area contributed by atoms with E-state index in [1.807, 2.05) is 6.08 Å². The van der Waals surface area contributed by atoms with E-state index in [1.165, 1.54) is 38.4 Å². The smallest absolute Gasteiger partial charge is 0.266 e. The summed E-state index contributed by atoms with van der Waals surface area (Å²) in [5, 5.41) is 7.29. The highest BCUT2D eigenvalue weighted by molar-refractivity contribution is 6.76. The Balaban J connectivity index is 2.19. The number of hydrogen-bond acceptors (Lipinski definition) is 2. The standard InChI is InChI=1S/C11H16Cl3NO/c12-11(13,14)10(15)16-8-4-7-9-5-2-1-3-6-9/h4,8-9,15H,1-3,5-7H2/b8-4+,15-10?. The van der Waals surface area contributed by atoms with E-state index >= 15 is 0 Å². The van der Waals surface area contributed by atoms with Crippen LogP contribution in [-0.2, 0) is 4.74 Å². The maximum atomic E-state index is 7.29. The third-order valence-corrected chi connectivity index (χ3v) is 3.25. The van der Waals surface area contributed by atoms with Crippen LogP contribution in [0.25, 0.3) is 0 Å². The Labute approximate surface area is 111 Å². The average Bonchev–Trinajstić information content (AvgIpc) is 2.24. The van der Waals surface area contributed by atoms with Crippen molar-refractivity contribution < 1.29 is 4.74 Å². The van der Waals surface area contributed by atoms with E-state index in [4.69, 9.17) is 44.9 Å². The van der Waals surface area contributed by atoms with Crippen LogP contribution in [-0.4, -0.2) is 9.69 Å². The largest absolute Gasteiger partial charge is 0.447 e. The van der Waals surface area contributed by atoms with Crippen molar-refractivity contribution in [1.82, 2.24) is 0 Å². The SMILES string of the molecule is N=C(O/C=C/CC1CCCCC1)C(Cl)(Cl)Cl. The summed E-state index contributed by atoms with van der Waals surface area (Å²) >= 11 is 16.4. The highest BCUT2D eigenvalue weighted by atomic mass is 35.6. The summed E-state index contributed by atoms with van der Waals surface area (Å²) in [5.74, 6) is 0.382. The molecule has 0 aromatic carbocycles. The predicted molar refractivity (Wildman–Crippen MR) is 69.4 cm³/mol. The molecule has 1 saturated carbocycles. The van der Waals surface area contributed by atoms with E-state index in [2.05, 4.69) is 0 Å². The van der Waals surface area contributed by atoms with Gasteiger partial charge in [-0.25, -0.2) is 0 Å². The van der Waals surface area contributed by atoms with Gasteiger partial charge in [0.2, 0.25) is 5.90 Å². The van der Waals surface area contributed by atoms with Gasteiger partial charge in [-0.05, 0) is 18.4 Å². The summed E-state index contributed by atoms with van der Waals surface area (Å²) in [4.78, 5) is 0. The zero-order valence-corrected chi connectivity index (χ0v) is 11.3. The monoisotopic (exact) mass is 283 g/mol. The van der Waals surface area contributed by atoms with Crippen molar-refractivity contribution >= 4 is 40.7 Å². The number of alkyl halides is 3. The van der Waals surface area contributed by atoms with Gasteiger partial charge in [0.05, 0.1) is 6.26 Å². The molecular formula is C11H16Cl3NO. The second-order valence-corrected chi connectivity index (χ2v) is 6.34. The van der Waals surface area contributed by atoms with E-state index < -0.39 is 3.79 Å². The molecule has 0 aromatic rings. The Morgan fingerprint density at radius 3 is 2.44 bits per heavy atom. The molecule has 0 spiro atoms. The summed E-state index contributed by atoms with van der Waals surface area (Å²) in [5.41, 5.74) is 0. The lowest BCUT2D eigenvalue weighted by Crippen LogP contribution is -2.18. The lowest BCUT2D eigenvalue weighted by Gasteiger charge is -2.19. The fourth-order valence-electron chi connectivity index (χ4n) is 1.85. The predicted octanol–water partition coefficient (Wildman–Crippen LogP) is 4.83. The molecule has 1 aliphatic carbocycles. The van der Waals surface area contributed by atoms with Crippen LogP contribution in [0.2, 0.25) is 0 Å². The van der Waals surface area contributed by atoms with E-state index in [0.717, 1.165) is 12.3 Å². The van der Waals surface area contributed by atoms with Crippen molar-refractivity contribution in [3.63, 3.8) is 0 Å². The van der Waals surface area contributed by atoms with E-state index in [1.54, 1.807) is 0 Å². The molecule has 2 nitrogen and oxygen atoms in total. The minimum Gasteiger partial charge on any atom is -0.447 e. The highest BCUT2D eigenvalue weighted by Gasteiger charge is 2.28. The Kier molecular flexibility index (Phi) is 5.95. The summed E-state index contributed by atoms with van der Waals surface area (Å²) in [7, 11) is 0. The van der Waals surface area contributed by atoms with Crippen molar-refractivity contribution in [2.45, 2.75) is 42.3 Å². The van der Waals surface area contributed by atoms with E-state index in [-0.39, 0.29) is 5.90 Å². The van der Waals surface area contributed by atoms with Gasteiger partial charge in [-0.15, -0.1) is 0 Å². The maximum Gasteiger partial charge on any atom is 0.266 e. The summed E-state index contributed by atoms with van der Waals surface area (Å²) in [6.45, 7) is 0. The van der Waals surface area contributed by atoms with Crippen molar-refractivity contribution in [2.75, 3.05) is 0 Å². The number of halogens is 3. The molecule has 0 atom stereocenters. The van der Waals surface area contributed by atoms with Crippen LogP contribution in [0.4, 0.5) is 0 Å². The van der Waals surface area contributed by atoms with Crippen LogP contribution in [0.3, 0.4) is 0 Å². The fourth-order valence-corrected chi connectivity index (χ4v) is 1.99. The first kappa shape index (κ1) is 14.1. The van der Waals surface area contributed by atoms with Gasteiger partial charge in [0.25, 0.3) is 3.79 Å². The third-order valence-electron chi connectivity index (χ3n) is 2.73. The Morgan fingerprint density at radius 2 is 1.88 bits per heavy atom. The van der Waals surface area contributed by atoms with Gasteiger partial charge in [0.1, 0.15) is 0 Å². The highest BCUT2D eigenvalue weighted by Crippen LogP contribution is 2.28. The molecule has 0 radical (unpaired) electrons. The average molecular weight is 285 g/mol. The lowest BCUT2D eigenvalue weighted by atomic mass is 9.87. The zero-order chi connectivity index (χ0) is 12.0. The molecule has 1 N–H and O–H groups in total. The first-order valence-electron chi connectivity index (χ1n) is 5.47. The van der Waals surface area contributed by atoms with Crippen LogP contribution in [0.5, 0.6) is 0 Å². The van der Waals surface area contributed by atoms with Crippen LogP contribution in [0.1, 0.15) is 38.5 Å². The lowest BCUT2D eigenvalue weighted by molar-refractivity contribution is 0.358. The molecule has 0 bridgehead atoms. The molecule has 16 heavy (non-hydrogen) atoms. The molecule has 0 amide bonds. The Bertz CT molecular complexity index is 254. The van der Waals surface area contributed by atoms with Crippen molar-refractivity contribution in [2.24, 2.45) is 5.92 Å². The van der Waals surface area contributed by atoms with Gasteiger partial charge in [-0.3, -0.25) is 5.41 Å². The number of nitrogens with one attached hydrogen (secondary N) is 1. The van der Waals surface area contributed by atoms with Gasteiger partial charge in [-0.1, -0.05) is 66.9 Å². The van der Waals surface area contributed by atoms with Gasteiger partial charge < -0.3 is 4.74 Å². The first-order valence-corrected chi connectivity index (χ1v) is 6.61. The number of hydrogen-bond donors (Lipinski definition) is 1. The number of allylic oxidation sites excluding steroid dienone is 1. The Morgan fingerprint density at radius 1 is 1.25 bits per heavy atom. The number of rotatable bonds is 3. The molecule has 0 saturated heterocycles. The second kappa shape index (κ2) is 6.73. The minimum atomic E-state index is -1.77. The van der Waals surface area contributed by atoms with Crippen LogP contribution in [0.15, 0.2) is 12.3 Å². The molecule has 1 rings (SSSR count). The molecule has 5 heteroatoms. The van der Waals surface area contributed by atoms with Gasteiger partial charge >= 0.3 is 0 Å². The molecule has 1 aliphatic rings. The normalized spacial score (nSPS) is 18.9. The van der Waals surface area contributed by atoms with E-state index in [0.29, 0.717) is 0 Å². The molecule has 0 heterocycles.